The maximum Gasteiger partial charge on any atom is 0.586 e. The average Bonchev–Trinajstić information content (AvgIpc) is 3.63. The number of halogens is 2. The fourth-order valence-electron chi connectivity index (χ4n) is 5.96. The molecule has 11 heteroatoms. The number of hydrogen-bond donors (Lipinski definition) is 1. The van der Waals surface area contributed by atoms with E-state index in [1.54, 1.807) is 6.92 Å². The predicted octanol–water partition coefficient (Wildman–Crippen LogP) is 5.47. The van der Waals surface area contributed by atoms with Crippen molar-refractivity contribution in [3.63, 3.8) is 0 Å². The highest BCUT2D eigenvalue weighted by atomic mass is 19.3. The van der Waals surface area contributed by atoms with E-state index in [0.29, 0.717) is 16.9 Å². The highest BCUT2D eigenvalue weighted by Crippen LogP contribution is 2.49. The second-order valence-electron chi connectivity index (χ2n) is 10.8. The zero-order valence-corrected chi connectivity index (χ0v) is 22.9. The van der Waals surface area contributed by atoms with Crippen LogP contribution in [0.1, 0.15) is 31.9 Å². The van der Waals surface area contributed by atoms with Crippen LogP contribution in [-0.2, 0) is 16.8 Å². The number of benzene rings is 3. The molecule has 0 saturated carbocycles. The van der Waals surface area contributed by atoms with E-state index in [2.05, 4.69) is 62.7 Å². The molecule has 0 saturated heterocycles. The van der Waals surface area contributed by atoms with Crippen molar-refractivity contribution < 1.29 is 23.0 Å². The molecule has 42 heavy (non-hydrogen) atoms. The minimum atomic E-state index is -3.77. The number of hydrogen-bond acceptors (Lipinski definition) is 6. The Hall–Kier alpha value is -5.06. The summed E-state index contributed by atoms with van der Waals surface area (Å²) >= 11 is 0. The molecule has 3 heterocycles. The van der Waals surface area contributed by atoms with E-state index in [1.807, 2.05) is 18.2 Å². The van der Waals surface area contributed by atoms with Gasteiger partial charge in [0.2, 0.25) is 5.91 Å². The van der Waals surface area contributed by atoms with Crippen LogP contribution >= 0.6 is 0 Å². The molecule has 1 N–H and O–H groups in total. The van der Waals surface area contributed by atoms with Crippen LogP contribution in [0.5, 0.6) is 11.5 Å². The van der Waals surface area contributed by atoms with Gasteiger partial charge in [-0.2, -0.15) is 5.10 Å². The van der Waals surface area contributed by atoms with Gasteiger partial charge in [0.15, 0.2) is 17.0 Å². The Morgan fingerprint density at radius 1 is 1.00 bits per heavy atom. The van der Waals surface area contributed by atoms with Crippen molar-refractivity contribution in [2.75, 3.05) is 11.4 Å². The second kappa shape index (κ2) is 8.97. The Morgan fingerprint density at radius 3 is 2.57 bits per heavy atom. The first-order chi connectivity index (χ1) is 20.1. The van der Waals surface area contributed by atoms with Crippen LogP contribution in [0.25, 0.3) is 33.4 Å². The Labute approximate surface area is 238 Å². The number of H-pyrrole nitrogens is 1. The molecule has 0 unspecified atom stereocenters. The Morgan fingerprint density at radius 2 is 1.76 bits per heavy atom. The van der Waals surface area contributed by atoms with Gasteiger partial charge < -0.3 is 19.4 Å². The molecule has 212 valence electrons. The Balaban J connectivity index is 1.26. The number of aromatic nitrogens is 4. The van der Waals surface area contributed by atoms with Crippen molar-refractivity contribution in [1.29, 1.82) is 0 Å². The number of imidazole rings is 1. The summed E-state index contributed by atoms with van der Waals surface area (Å²) in [6.07, 6.45) is -2.35. The fourth-order valence-corrected chi connectivity index (χ4v) is 5.96. The summed E-state index contributed by atoms with van der Waals surface area (Å²) in [5.41, 5.74) is 6.13. The van der Waals surface area contributed by atoms with E-state index in [-0.39, 0.29) is 29.0 Å². The summed E-state index contributed by atoms with van der Waals surface area (Å²) in [7, 11) is 0. The van der Waals surface area contributed by atoms with Crippen molar-refractivity contribution >= 4 is 22.6 Å². The Kier molecular flexibility index (Phi) is 5.53. The standard InChI is InChI=1S/C31H25F2N5O4/c1-4-37(18-10-12-23-24(14-18)42-31(32,33)41-23)25(39)15-38-29(40)28-27(34-16-35-28)26(36-38)17-9-11-20-19-7-5-6-8-21(19)30(2,3)22(20)13-17/h5-14,16H,4,15H2,1-3H3,(H,34,35). The number of carbonyl (C=O) groups is 1. The summed E-state index contributed by atoms with van der Waals surface area (Å²) in [5.74, 6) is -0.774. The van der Waals surface area contributed by atoms with Crippen LogP contribution < -0.4 is 19.9 Å². The van der Waals surface area contributed by atoms with Gasteiger partial charge in [-0.3, -0.25) is 9.59 Å². The number of nitrogens with zero attached hydrogens (tertiary/aromatic N) is 4. The lowest BCUT2D eigenvalue weighted by atomic mass is 9.82. The summed E-state index contributed by atoms with van der Waals surface area (Å²) < 4.78 is 37.1. The maximum atomic E-state index is 13.5. The summed E-state index contributed by atoms with van der Waals surface area (Å²) in [6, 6.07) is 18.5. The maximum absolute atomic E-state index is 13.5. The van der Waals surface area contributed by atoms with Gasteiger partial charge in [0, 0.05) is 29.3 Å². The molecule has 7 rings (SSSR count). The van der Waals surface area contributed by atoms with Gasteiger partial charge in [0.05, 0.1) is 11.8 Å². The van der Waals surface area contributed by atoms with E-state index in [0.717, 1.165) is 21.4 Å². The number of rotatable bonds is 5. The summed E-state index contributed by atoms with van der Waals surface area (Å²) in [5, 5.41) is 4.63. The zero-order valence-electron chi connectivity index (χ0n) is 22.9. The van der Waals surface area contributed by atoms with E-state index >= 15 is 0 Å². The number of ether oxygens (including phenoxy) is 2. The molecule has 0 bridgehead atoms. The number of amides is 1. The third-order valence-electron chi connectivity index (χ3n) is 7.99. The van der Waals surface area contributed by atoms with Crippen molar-refractivity contribution in [3.05, 3.63) is 88.5 Å². The normalized spacial score (nSPS) is 15.5. The molecule has 3 aromatic carbocycles. The van der Waals surface area contributed by atoms with Gasteiger partial charge in [-0.05, 0) is 47.4 Å². The topological polar surface area (TPSA) is 102 Å². The number of fused-ring (bicyclic) bond motifs is 5. The SMILES string of the molecule is CCN(C(=O)Cn1nc(-c2ccc3c(c2)C(C)(C)c2ccccc2-3)c2[nH]cnc2c1=O)c1ccc2c(c1)OC(F)(F)O2. The summed E-state index contributed by atoms with van der Waals surface area (Å²) in [4.78, 5) is 35.5. The molecule has 0 fully saturated rings. The highest BCUT2D eigenvalue weighted by Gasteiger charge is 2.43. The van der Waals surface area contributed by atoms with E-state index in [9.17, 15) is 18.4 Å². The van der Waals surface area contributed by atoms with Crippen molar-refractivity contribution in [2.45, 2.75) is 39.0 Å². The Bertz CT molecular complexity index is 1980. The number of alkyl halides is 2. The molecule has 5 aromatic rings. The van der Waals surface area contributed by atoms with Crippen LogP contribution in [0.4, 0.5) is 14.5 Å². The van der Waals surface area contributed by atoms with Crippen LogP contribution in [0.2, 0.25) is 0 Å². The second-order valence-corrected chi connectivity index (χ2v) is 10.8. The number of likely N-dealkylation sites (N-methyl/N-ethyl adjacent to an activating group) is 1. The molecule has 0 atom stereocenters. The molecule has 1 aliphatic heterocycles. The molecule has 2 aromatic heterocycles. The molecule has 0 radical (unpaired) electrons. The lowest BCUT2D eigenvalue weighted by molar-refractivity contribution is -0.286. The molecule has 1 amide bonds. The van der Waals surface area contributed by atoms with Gasteiger partial charge >= 0.3 is 6.29 Å². The highest BCUT2D eigenvalue weighted by molar-refractivity contribution is 5.94. The first kappa shape index (κ1) is 25.9. The van der Waals surface area contributed by atoms with Crippen molar-refractivity contribution in [2.24, 2.45) is 0 Å². The number of carbonyl (C=O) groups excluding carboxylic acids is 1. The van der Waals surface area contributed by atoms with Crippen LogP contribution in [0.15, 0.2) is 71.8 Å². The fraction of sp³-hybridized carbons (Fsp3) is 0.226. The van der Waals surface area contributed by atoms with E-state index in [1.165, 1.54) is 40.6 Å². The van der Waals surface area contributed by atoms with Crippen molar-refractivity contribution in [3.8, 4) is 33.9 Å². The molecule has 9 nitrogen and oxygen atoms in total. The van der Waals surface area contributed by atoms with Crippen LogP contribution in [0.3, 0.4) is 0 Å². The summed E-state index contributed by atoms with van der Waals surface area (Å²) in [6.45, 7) is 5.91. The lowest BCUT2D eigenvalue weighted by Crippen LogP contribution is -2.37. The molecular formula is C31H25F2N5O4. The van der Waals surface area contributed by atoms with Gasteiger partial charge in [-0.15, -0.1) is 8.78 Å². The van der Waals surface area contributed by atoms with Gasteiger partial charge in [-0.1, -0.05) is 50.2 Å². The number of nitrogens with one attached hydrogen (secondary N) is 1. The van der Waals surface area contributed by atoms with E-state index in [4.69, 9.17) is 0 Å². The predicted molar refractivity (Wildman–Crippen MR) is 152 cm³/mol. The third-order valence-corrected chi connectivity index (χ3v) is 7.99. The molecule has 1 aliphatic carbocycles. The minimum Gasteiger partial charge on any atom is -0.395 e. The van der Waals surface area contributed by atoms with Gasteiger partial charge in [0.1, 0.15) is 12.2 Å². The molecule has 0 spiro atoms. The molecular weight excluding hydrogens is 544 g/mol. The minimum absolute atomic E-state index is 0.126. The number of aromatic amines is 1. The largest absolute Gasteiger partial charge is 0.586 e. The van der Waals surface area contributed by atoms with E-state index < -0.39 is 24.3 Å². The van der Waals surface area contributed by atoms with Crippen LogP contribution in [-0.4, -0.2) is 38.5 Å². The monoisotopic (exact) mass is 569 g/mol. The first-order valence-corrected chi connectivity index (χ1v) is 13.5. The first-order valence-electron chi connectivity index (χ1n) is 13.5. The quantitative estimate of drug-likeness (QED) is 0.301. The van der Waals surface area contributed by atoms with Crippen LogP contribution in [0, 0.1) is 0 Å². The van der Waals surface area contributed by atoms with Gasteiger partial charge in [-0.25, -0.2) is 9.67 Å². The smallest absolute Gasteiger partial charge is 0.395 e. The zero-order chi connectivity index (χ0) is 29.4. The third kappa shape index (κ3) is 3.87. The van der Waals surface area contributed by atoms with Gasteiger partial charge in [0.25, 0.3) is 5.56 Å². The molecule has 2 aliphatic rings. The lowest BCUT2D eigenvalue weighted by Gasteiger charge is -2.22. The average molecular weight is 570 g/mol. The number of anilines is 1. The van der Waals surface area contributed by atoms with Crippen molar-refractivity contribution in [1.82, 2.24) is 19.7 Å².